The summed E-state index contributed by atoms with van der Waals surface area (Å²) in [5.41, 5.74) is 1.03. The molecule has 0 saturated carbocycles. The molecule has 1 aromatic carbocycles. The SMILES string of the molecule is CC(=O)Oc1ccccc1C1C=CC=C1. The van der Waals surface area contributed by atoms with Crippen LogP contribution in [0.2, 0.25) is 0 Å². The normalized spacial score (nSPS) is 14.5. The number of carbonyl (C=O) groups is 1. The van der Waals surface area contributed by atoms with E-state index in [4.69, 9.17) is 4.74 Å². The second-order valence-electron chi connectivity index (χ2n) is 3.43. The van der Waals surface area contributed by atoms with E-state index in [1.54, 1.807) is 0 Å². The molecule has 0 fully saturated rings. The van der Waals surface area contributed by atoms with Crippen molar-refractivity contribution < 1.29 is 9.53 Å². The lowest BCUT2D eigenvalue weighted by Crippen LogP contribution is -2.04. The van der Waals surface area contributed by atoms with Crippen LogP contribution < -0.4 is 4.74 Å². The predicted octanol–water partition coefficient (Wildman–Crippen LogP) is 2.82. The maximum Gasteiger partial charge on any atom is 0.308 e. The van der Waals surface area contributed by atoms with Gasteiger partial charge in [0.25, 0.3) is 0 Å². The van der Waals surface area contributed by atoms with Crippen LogP contribution >= 0.6 is 0 Å². The fourth-order valence-electron chi connectivity index (χ4n) is 1.64. The molecule has 0 spiro atoms. The number of ether oxygens (including phenoxy) is 1. The van der Waals surface area contributed by atoms with Crippen molar-refractivity contribution in [3.8, 4) is 5.75 Å². The highest BCUT2D eigenvalue weighted by Gasteiger charge is 2.13. The number of benzene rings is 1. The molecule has 2 nitrogen and oxygen atoms in total. The highest BCUT2D eigenvalue weighted by atomic mass is 16.5. The van der Waals surface area contributed by atoms with Gasteiger partial charge in [-0.1, -0.05) is 42.5 Å². The Labute approximate surface area is 88.9 Å². The molecule has 2 heteroatoms. The monoisotopic (exact) mass is 200 g/mol. The Balaban J connectivity index is 2.33. The molecule has 0 atom stereocenters. The standard InChI is InChI=1S/C13H12O2/c1-10(14)15-13-9-5-4-8-12(13)11-6-2-3-7-11/h2-9,11H,1H3. The third-order valence-electron chi connectivity index (χ3n) is 2.28. The van der Waals surface area contributed by atoms with Gasteiger partial charge in [0.1, 0.15) is 5.75 Å². The Kier molecular flexibility index (Phi) is 2.68. The second-order valence-corrected chi connectivity index (χ2v) is 3.43. The first-order chi connectivity index (χ1) is 7.27. The molecule has 0 unspecified atom stereocenters. The fourth-order valence-corrected chi connectivity index (χ4v) is 1.64. The van der Waals surface area contributed by atoms with E-state index in [9.17, 15) is 4.79 Å². The average molecular weight is 200 g/mol. The van der Waals surface area contributed by atoms with Crippen LogP contribution in [0.4, 0.5) is 0 Å². The van der Waals surface area contributed by atoms with E-state index >= 15 is 0 Å². The van der Waals surface area contributed by atoms with Gasteiger partial charge >= 0.3 is 5.97 Å². The zero-order valence-electron chi connectivity index (χ0n) is 8.51. The van der Waals surface area contributed by atoms with E-state index in [-0.39, 0.29) is 11.9 Å². The van der Waals surface area contributed by atoms with Crippen molar-refractivity contribution in [1.82, 2.24) is 0 Å². The third kappa shape index (κ3) is 2.15. The minimum atomic E-state index is -0.284. The predicted molar refractivity (Wildman–Crippen MR) is 58.8 cm³/mol. The molecule has 15 heavy (non-hydrogen) atoms. The van der Waals surface area contributed by atoms with Crippen LogP contribution in [-0.2, 0) is 4.79 Å². The largest absolute Gasteiger partial charge is 0.426 e. The number of hydrogen-bond acceptors (Lipinski definition) is 2. The van der Waals surface area contributed by atoms with Crippen molar-refractivity contribution in [3.05, 3.63) is 54.1 Å². The van der Waals surface area contributed by atoms with Crippen LogP contribution in [0.15, 0.2) is 48.6 Å². The summed E-state index contributed by atoms with van der Waals surface area (Å²) < 4.78 is 5.15. The molecular weight excluding hydrogens is 188 g/mol. The highest BCUT2D eigenvalue weighted by molar-refractivity contribution is 5.70. The van der Waals surface area contributed by atoms with Gasteiger partial charge < -0.3 is 4.74 Å². The molecule has 0 saturated heterocycles. The van der Waals surface area contributed by atoms with E-state index < -0.39 is 0 Å². The molecule has 0 aromatic heterocycles. The van der Waals surface area contributed by atoms with E-state index in [2.05, 4.69) is 12.2 Å². The number of para-hydroxylation sites is 1. The maximum atomic E-state index is 10.9. The van der Waals surface area contributed by atoms with Gasteiger partial charge in [-0.05, 0) is 6.07 Å². The maximum absolute atomic E-state index is 10.9. The molecule has 0 bridgehead atoms. The van der Waals surface area contributed by atoms with E-state index in [1.807, 2.05) is 36.4 Å². The number of rotatable bonds is 2. The Hall–Kier alpha value is -1.83. The number of carbonyl (C=O) groups excluding carboxylic acids is 1. The molecule has 1 aliphatic carbocycles. The smallest absolute Gasteiger partial charge is 0.308 e. The summed E-state index contributed by atoms with van der Waals surface area (Å²) in [6, 6.07) is 7.60. The van der Waals surface area contributed by atoms with Gasteiger partial charge in [-0.15, -0.1) is 0 Å². The summed E-state index contributed by atoms with van der Waals surface area (Å²) >= 11 is 0. The number of esters is 1. The fraction of sp³-hybridized carbons (Fsp3) is 0.154. The van der Waals surface area contributed by atoms with Crippen LogP contribution in [0.3, 0.4) is 0 Å². The summed E-state index contributed by atoms with van der Waals surface area (Å²) in [6.07, 6.45) is 8.13. The van der Waals surface area contributed by atoms with Gasteiger partial charge in [-0.3, -0.25) is 4.79 Å². The minimum Gasteiger partial charge on any atom is -0.426 e. The van der Waals surface area contributed by atoms with Crippen molar-refractivity contribution in [2.45, 2.75) is 12.8 Å². The van der Waals surface area contributed by atoms with Gasteiger partial charge in [-0.25, -0.2) is 0 Å². The topological polar surface area (TPSA) is 26.3 Å². The van der Waals surface area contributed by atoms with Crippen molar-refractivity contribution in [3.63, 3.8) is 0 Å². The van der Waals surface area contributed by atoms with Crippen molar-refractivity contribution in [2.24, 2.45) is 0 Å². The minimum absolute atomic E-state index is 0.223. The number of allylic oxidation sites excluding steroid dienone is 4. The van der Waals surface area contributed by atoms with E-state index in [0.717, 1.165) is 5.56 Å². The van der Waals surface area contributed by atoms with Gasteiger partial charge in [0, 0.05) is 18.4 Å². The van der Waals surface area contributed by atoms with Crippen LogP contribution in [0, 0.1) is 0 Å². The highest BCUT2D eigenvalue weighted by Crippen LogP contribution is 2.30. The molecule has 0 N–H and O–H groups in total. The Morgan fingerprint density at radius 2 is 1.87 bits per heavy atom. The molecule has 0 heterocycles. The lowest BCUT2D eigenvalue weighted by atomic mass is 10.00. The quantitative estimate of drug-likeness (QED) is 0.542. The second kappa shape index (κ2) is 4.13. The Morgan fingerprint density at radius 1 is 1.20 bits per heavy atom. The molecule has 76 valence electrons. The molecule has 2 rings (SSSR count). The average Bonchev–Trinajstić information content (AvgIpc) is 2.70. The van der Waals surface area contributed by atoms with Crippen LogP contribution in [-0.4, -0.2) is 5.97 Å². The lowest BCUT2D eigenvalue weighted by molar-refractivity contribution is -0.131. The van der Waals surface area contributed by atoms with Crippen molar-refractivity contribution in [1.29, 1.82) is 0 Å². The van der Waals surface area contributed by atoms with Crippen LogP contribution in [0.1, 0.15) is 18.4 Å². The lowest BCUT2D eigenvalue weighted by Gasteiger charge is -2.11. The first-order valence-electron chi connectivity index (χ1n) is 4.90. The third-order valence-corrected chi connectivity index (χ3v) is 2.28. The van der Waals surface area contributed by atoms with Crippen molar-refractivity contribution >= 4 is 5.97 Å². The van der Waals surface area contributed by atoms with Crippen LogP contribution in [0.25, 0.3) is 0 Å². The van der Waals surface area contributed by atoms with Gasteiger partial charge in [0.15, 0.2) is 0 Å². The van der Waals surface area contributed by atoms with Crippen LogP contribution in [0.5, 0.6) is 5.75 Å². The summed E-state index contributed by atoms with van der Waals surface area (Å²) in [5.74, 6) is 0.583. The molecule has 0 aliphatic heterocycles. The summed E-state index contributed by atoms with van der Waals surface area (Å²) in [5, 5.41) is 0. The molecular formula is C13H12O2. The zero-order chi connectivity index (χ0) is 10.7. The summed E-state index contributed by atoms with van der Waals surface area (Å²) in [4.78, 5) is 10.9. The Bertz CT molecular complexity index is 418. The van der Waals surface area contributed by atoms with Gasteiger partial charge in [0.2, 0.25) is 0 Å². The summed E-state index contributed by atoms with van der Waals surface area (Å²) in [6.45, 7) is 1.41. The molecule has 0 radical (unpaired) electrons. The molecule has 1 aromatic rings. The Morgan fingerprint density at radius 3 is 2.53 bits per heavy atom. The van der Waals surface area contributed by atoms with E-state index in [0.29, 0.717) is 5.75 Å². The van der Waals surface area contributed by atoms with Crippen molar-refractivity contribution in [2.75, 3.05) is 0 Å². The van der Waals surface area contributed by atoms with Gasteiger partial charge in [-0.2, -0.15) is 0 Å². The first-order valence-corrected chi connectivity index (χ1v) is 4.90. The van der Waals surface area contributed by atoms with E-state index in [1.165, 1.54) is 6.92 Å². The first kappa shape index (κ1) is 9.71. The number of hydrogen-bond donors (Lipinski definition) is 0. The zero-order valence-corrected chi connectivity index (χ0v) is 8.51. The van der Waals surface area contributed by atoms with Gasteiger partial charge in [0.05, 0.1) is 0 Å². The molecule has 1 aliphatic rings. The summed E-state index contributed by atoms with van der Waals surface area (Å²) in [7, 11) is 0. The molecule has 0 amide bonds.